The van der Waals surface area contributed by atoms with Crippen LogP contribution in [0.25, 0.3) is 0 Å². The zero-order chi connectivity index (χ0) is 13.9. The largest absolute Gasteiger partial charge is 0.305 e. The summed E-state index contributed by atoms with van der Waals surface area (Å²) < 4.78 is 0. The molecular formula is C16H20N2O2. The lowest BCUT2D eigenvalue weighted by Gasteiger charge is -2.39. The van der Waals surface area contributed by atoms with E-state index in [1.165, 1.54) is 31.4 Å². The summed E-state index contributed by atoms with van der Waals surface area (Å²) in [6.07, 6.45) is 4.10. The fourth-order valence-electron chi connectivity index (χ4n) is 5.41. The summed E-state index contributed by atoms with van der Waals surface area (Å²) in [6, 6.07) is 7.41. The third kappa shape index (κ3) is 1.46. The summed E-state index contributed by atoms with van der Waals surface area (Å²) >= 11 is 0. The monoisotopic (exact) mass is 272 g/mol. The van der Waals surface area contributed by atoms with Gasteiger partial charge in [0.05, 0.1) is 4.92 Å². The maximum absolute atomic E-state index is 10.8. The molecule has 0 N–H and O–H groups in total. The third-order valence-electron chi connectivity index (χ3n) is 6.09. The number of hydrogen-bond donors (Lipinski definition) is 0. The van der Waals surface area contributed by atoms with Crippen LogP contribution in [-0.2, 0) is 5.41 Å². The maximum atomic E-state index is 10.8. The molecule has 2 bridgehead atoms. The zero-order valence-electron chi connectivity index (χ0n) is 11.8. The molecule has 1 aliphatic heterocycles. The Morgan fingerprint density at radius 1 is 1.30 bits per heavy atom. The van der Waals surface area contributed by atoms with Gasteiger partial charge in [-0.05, 0) is 49.6 Å². The number of non-ortho nitro benzene ring substituents is 1. The standard InChI is InChI=1S/C16H20N2O2/c1-17-9-15-11-2-3-13(8-11)16(15,10-17)12-4-6-14(7-5-12)18(19)20/h4-7,11,13,15H,2-3,8-10H2,1H3. The number of benzene rings is 1. The van der Waals surface area contributed by atoms with Crippen molar-refractivity contribution in [3.8, 4) is 0 Å². The minimum atomic E-state index is -0.305. The Labute approximate surface area is 118 Å². The van der Waals surface area contributed by atoms with Gasteiger partial charge in [0.1, 0.15) is 0 Å². The van der Waals surface area contributed by atoms with Crippen molar-refractivity contribution in [1.29, 1.82) is 0 Å². The predicted octanol–water partition coefficient (Wildman–Crippen LogP) is 2.82. The lowest BCUT2D eigenvalue weighted by molar-refractivity contribution is -0.384. The molecule has 3 aliphatic rings. The minimum Gasteiger partial charge on any atom is -0.305 e. The summed E-state index contributed by atoms with van der Waals surface area (Å²) in [5.41, 5.74) is 1.81. The van der Waals surface area contributed by atoms with Gasteiger partial charge in [0.15, 0.2) is 0 Å². The fourth-order valence-corrected chi connectivity index (χ4v) is 5.41. The van der Waals surface area contributed by atoms with Crippen LogP contribution in [0.15, 0.2) is 24.3 Å². The predicted molar refractivity (Wildman–Crippen MR) is 76.6 cm³/mol. The summed E-state index contributed by atoms with van der Waals surface area (Å²) in [4.78, 5) is 13.0. The van der Waals surface area contributed by atoms with Crippen molar-refractivity contribution in [2.75, 3.05) is 20.1 Å². The average Bonchev–Trinajstić information content (AvgIpc) is 3.09. The molecule has 1 aromatic rings. The van der Waals surface area contributed by atoms with Crippen molar-refractivity contribution in [2.24, 2.45) is 17.8 Å². The molecule has 4 heteroatoms. The SMILES string of the molecule is CN1CC2C3CCC(C3)C2(c2ccc([N+](=O)[O-])cc2)C1. The number of nitro benzene ring substituents is 1. The van der Waals surface area contributed by atoms with Gasteiger partial charge in [0.25, 0.3) is 5.69 Å². The van der Waals surface area contributed by atoms with Gasteiger partial charge in [-0.25, -0.2) is 0 Å². The van der Waals surface area contributed by atoms with Crippen LogP contribution >= 0.6 is 0 Å². The third-order valence-corrected chi connectivity index (χ3v) is 6.09. The number of likely N-dealkylation sites (tertiary alicyclic amines) is 1. The van der Waals surface area contributed by atoms with Gasteiger partial charge in [-0.2, -0.15) is 0 Å². The first-order valence-corrected chi connectivity index (χ1v) is 7.55. The first-order valence-electron chi connectivity index (χ1n) is 7.55. The molecule has 4 unspecified atom stereocenters. The summed E-state index contributed by atoms with van der Waals surface area (Å²) in [5, 5.41) is 10.8. The smallest absolute Gasteiger partial charge is 0.269 e. The van der Waals surface area contributed by atoms with E-state index in [0.717, 1.165) is 24.3 Å². The Morgan fingerprint density at radius 2 is 2.05 bits per heavy atom. The first kappa shape index (κ1) is 12.3. The molecule has 0 spiro atoms. The molecule has 20 heavy (non-hydrogen) atoms. The van der Waals surface area contributed by atoms with Gasteiger partial charge in [-0.1, -0.05) is 12.1 Å². The number of hydrogen-bond acceptors (Lipinski definition) is 3. The first-order chi connectivity index (χ1) is 9.61. The molecule has 3 fully saturated rings. The molecule has 1 saturated heterocycles. The van der Waals surface area contributed by atoms with Crippen molar-refractivity contribution >= 4 is 5.69 Å². The van der Waals surface area contributed by atoms with E-state index < -0.39 is 0 Å². The Bertz CT molecular complexity index is 556. The van der Waals surface area contributed by atoms with Crippen molar-refractivity contribution in [3.05, 3.63) is 39.9 Å². The van der Waals surface area contributed by atoms with E-state index in [2.05, 4.69) is 11.9 Å². The van der Waals surface area contributed by atoms with E-state index in [1.54, 1.807) is 12.1 Å². The normalized spacial score (nSPS) is 39.1. The number of rotatable bonds is 2. The van der Waals surface area contributed by atoms with Gasteiger partial charge < -0.3 is 4.90 Å². The van der Waals surface area contributed by atoms with Crippen LogP contribution < -0.4 is 0 Å². The van der Waals surface area contributed by atoms with Crippen LogP contribution in [0.4, 0.5) is 5.69 Å². The molecule has 2 aliphatic carbocycles. The van der Waals surface area contributed by atoms with Crippen molar-refractivity contribution in [1.82, 2.24) is 4.90 Å². The van der Waals surface area contributed by atoms with Crippen LogP contribution in [0, 0.1) is 27.9 Å². The summed E-state index contributed by atoms with van der Waals surface area (Å²) in [5.74, 6) is 2.41. The second-order valence-corrected chi connectivity index (χ2v) is 6.92. The van der Waals surface area contributed by atoms with Crippen molar-refractivity contribution in [3.63, 3.8) is 0 Å². The van der Waals surface area contributed by atoms with E-state index in [-0.39, 0.29) is 16.0 Å². The number of likely N-dealkylation sites (N-methyl/N-ethyl adjacent to an activating group) is 1. The molecule has 4 atom stereocenters. The van der Waals surface area contributed by atoms with Crippen LogP contribution in [0.5, 0.6) is 0 Å². The molecule has 1 heterocycles. The van der Waals surface area contributed by atoms with Crippen molar-refractivity contribution in [2.45, 2.75) is 24.7 Å². The molecule has 1 aromatic carbocycles. The average molecular weight is 272 g/mol. The van der Waals surface area contributed by atoms with Gasteiger partial charge in [-0.15, -0.1) is 0 Å². The van der Waals surface area contributed by atoms with Crippen molar-refractivity contribution < 1.29 is 4.92 Å². The zero-order valence-corrected chi connectivity index (χ0v) is 11.8. The highest BCUT2D eigenvalue weighted by Crippen LogP contribution is 2.63. The molecule has 0 radical (unpaired) electrons. The molecule has 4 nitrogen and oxygen atoms in total. The Morgan fingerprint density at radius 3 is 2.75 bits per heavy atom. The molecule has 0 amide bonds. The minimum absolute atomic E-state index is 0.205. The van der Waals surface area contributed by atoms with Crippen LogP contribution in [0.3, 0.4) is 0 Å². The summed E-state index contributed by atoms with van der Waals surface area (Å²) in [7, 11) is 2.21. The Kier molecular flexibility index (Phi) is 2.49. The number of fused-ring (bicyclic) bond motifs is 5. The molecule has 0 aromatic heterocycles. The topological polar surface area (TPSA) is 46.4 Å². The lowest BCUT2D eigenvalue weighted by Crippen LogP contribution is -2.40. The second kappa shape index (κ2) is 4.04. The highest BCUT2D eigenvalue weighted by atomic mass is 16.6. The van der Waals surface area contributed by atoms with Gasteiger partial charge >= 0.3 is 0 Å². The highest BCUT2D eigenvalue weighted by molar-refractivity contribution is 5.40. The van der Waals surface area contributed by atoms with Crippen LogP contribution in [0.2, 0.25) is 0 Å². The lowest BCUT2D eigenvalue weighted by atomic mass is 9.64. The van der Waals surface area contributed by atoms with E-state index in [0.29, 0.717) is 0 Å². The number of nitro groups is 1. The van der Waals surface area contributed by atoms with E-state index in [4.69, 9.17) is 0 Å². The molecule has 4 rings (SSSR count). The number of nitrogens with zero attached hydrogens (tertiary/aromatic N) is 2. The van der Waals surface area contributed by atoms with Crippen LogP contribution in [-0.4, -0.2) is 30.0 Å². The highest BCUT2D eigenvalue weighted by Gasteiger charge is 2.61. The Balaban J connectivity index is 1.77. The maximum Gasteiger partial charge on any atom is 0.269 e. The van der Waals surface area contributed by atoms with E-state index in [1.807, 2.05) is 12.1 Å². The molecular weight excluding hydrogens is 252 g/mol. The fraction of sp³-hybridized carbons (Fsp3) is 0.625. The van der Waals surface area contributed by atoms with Gasteiger partial charge in [0, 0.05) is 30.6 Å². The van der Waals surface area contributed by atoms with Gasteiger partial charge in [0.2, 0.25) is 0 Å². The summed E-state index contributed by atoms with van der Waals surface area (Å²) in [6.45, 7) is 2.31. The van der Waals surface area contributed by atoms with Crippen LogP contribution in [0.1, 0.15) is 24.8 Å². The second-order valence-electron chi connectivity index (χ2n) is 6.92. The molecule has 106 valence electrons. The van der Waals surface area contributed by atoms with E-state index in [9.17, 15) is 10.1 Å². The van der Waals surface area contributed by atoms with Gasteiger partial charge in [-0.3, -0.25) is 10.1 Å². The van der Waals surface area contributed by atoms with E-state index >= 15 is 0 Å². The quantitative estimate of drug-likeness (QED) is 0.614. The molecule has 2 saturated carbocycles. The Hall–Kier alpha value is -1.42.